The number of pyridine rings is 1. The number of benzene rings is 1. The second-order valence-electron chi connectivity index (χ2n) is 3.45. The van der Waals surface area contributed by atoms with Crippen molar-refractivity contribution in [1.29, 1.82) is 0 Å². The predicted octanol–water partition coefficient (Wildman–Crippen LogP) is 4.06. The van der Waals surface area contributed by atoms with Gasteiger partial charge in [-0.1, -0.05) is 30.3 Å². The number of alkyl halides is 3. The highest BCUT2D eigenvalue weighted by molar-refractivity contribution is 7.80. The van der Waals surface area contributed by atoms with Gasteiger partial charge in [0.25, 0.3) is 0 Å². The Morgan fingerprint density at radius 2 is 1.71 bits per heavy atom. The van der Waals surface area contributed by atoms with Crippen molar-refractivity contribution < 1.29 is 13.2 Å². The first kappa shape index (κ1) is 12.0. The molecule has 88 valence electrons. The topological polar surface area (TPSA) is 12.9 Å². The van der Waals surface area contributed by atoms with Crippen molar-refractivity contribution in [3.63, 3.8) is 0 Å². The van der Waals surface area contributed by atoms with Crippen LogP contribution in [-0.4, -0.2) is 4.98 Å². The molecule has 0 radical (unpaired) electrons. The molecule has 0 amide bonds. The molecule has 0 atom stereocenters. The van der Waals surface area contributed by atoms with Crippen LogP contribution >= 0.6 is 12.6 Å². The molecule has 2 rings (SSSR count). The lowest BCUT2D eigenvalue weighted by atomic mass is 10.0. The van der Waals surface area contributed by atoms with Crippen LogP contribution < -0.4 is 0 Å². The molecule has 0 saturated heterocycles. The zero-order valence-corrected chi connectivity index (χ0v) is 9.46. The molecule has 0 saturated carbocycles. The van der Waals surface area contributed by atoms with Gasteiger partial charge in [-0.05, 0) is 11.6 Å². The summed E-state index contributed by atoms with van der Waals surface area (Å²) in [6.07, 6.45) is -3.37. The number of thiol groups is 1. The van der Waals surface area contributed by atoms with E-state index < -0.39 is 11.9 Å². The van der Waals surface area contributed by atoms with E-state index in [4.69, 9.17) is 0 Å². The average molecular weight is 255 g/mol. The van der Waals surface area contributed by atoms with E-state index in [0.29, 0.717) is 10.5 Å². The Balaban J connectivity index is 2.64. The van der Waals surface area contributed by atoms with Crippen molar-refractivity contribution in [2.45, 2.75) is 11.1 Å². The lowest BCUT2D eigenvalue weighted by Gasteiger charge is -2.12. The highest BCUT2D eigenvalue weighted by Crippen LogP contribution is 2.36. The van der Waals surface area contributed by atoms with Crippen molar-refractivity contribution in [3.8, 4) is 11.1 Å². The first-order valence-electron chi connectivity index (χ1n) is 4.80. The number of halogens is 3. The molecule has 1 aromatic carbocycles. The minimum absolute atomic E-state index is 0.0469. The normalized spacial score (nSPS) is 11.5. The maximum Gasteiger partial charge on any atom is 0.433 e. The molecular formula is C12H8F3NS. The maximum atomic E-state index is 12.8. The summed E-state index contributed by atoms with van der Waals surface area (Å²) in [5.41, 5.74) is -0.365. The van der Waals surface area contributed by atoms with Gasteiger partial charge >= 0.3 is 6.18 Å². The van der Waals surface area contributed by atoms with Gasteiger partial charge < -0.3 is 0 Å². The molecule has 0 aliphatic heterocycles. The molecule has 0 N–H and O–H groups in total. The van der Waals surface area contributed by atoms with E-state index in [1.54, 1.807) is 30.3 Å². The Labute approximate surface area is 102 Å². The maximum absolute atomic E-state index is 12.8. The monoisotopic (exact) mass is 255 g/mol. The Morgan fingerprint density at radius 3 is 2.29 bits per heavy atom. The standard InChI is InChI=1S/C12H8F3NS/c13-12(14,15)11-10(6-9(17)7-16-11)8-4-2-1-3-5-8/h1-7,17H. The van der Waals surface area contributed by atoms with Gasteiger partial charge in [0.15, 0.2) is 5.69 Å². The SMILES string of the molecule is FC(F)(F)c1ncc(S)cc1-c1ccccc1. The third-order valence-electron chi connectivity index (χ3n) is 2.23. The van der Waals surface area contributed by atoms with Gasteiger partial charge in [0.2, 0.25) is 0 Å². The number of hydrogen-bond acceptors (Lipinski definition) is 2. The zero-order chi connectivity index (χ0) is 12.5. The quantitative estimate of drug-likeness (QED) is 0.758. The van der Waals surface area contributed by atoms with Crippen molar-refractivity contribution in [1.82, 2.24) is 4.98 Å². The number of hydrogen-bond donors (Lipinski definition) is 1. The van der Waals surface area contributed by atoms with E-state index >= 15 is 0 Å². The van der Waals surface area contributed by atoms with Crippen molar-refractivity contribution in [3.05, 3.63) is 48.3 Å². The molecule has 0 aliphatic rings. The van der Waals surface area contributed by atoms with E-state index in [9.17, 15) is 13.2 Å². The number of nitrogens with zero attached hydrogens (tertiary/aromatic N) is 1. The predicted molar refractivity (Wildman–Crippen MR) is 61.9 cm³/mol. The highest BCUT2D eigenvalue weighted by atomic mass is 32.1. The first-order valence-corrected chi connectivity index (χ1v) is 5.25. The molecule has 1 aromatic heterocycles. The molecule has 0 aliphatic carbocycles. The molecule has 0 bridgehead atoms. The summed E-state index contributed by atoms with van der Waals surface area (Å²) in [4.78, 5) is 3.82. The molecule has 2 aromatic rings. The first-order chi connectivity index (χ1) is 7.98. The van der Waals surface area contributed by atoms with Crippen LogP contribution in [-0.2, 0) is 6.18 Å². The molecule has 17 heavy (non-hydrogen) atoms. The molecule has 0 fully saturated rings. The molecule has 1 nitrogen and oxygen atoms in total. The van der Waals surface area contributed by atoms with Crippen LogP contribution in [0.5, 0.6) is 0 Å². The summed E-state index contributed by atoms with van der Waals surface area (Å²) in [5.74, 6) is 0. The van der Waals surface area contributed by atoms with E-state index in [1.807, 2.05) is 0 Å². The Morgan fingerprint density at radius 1 is 1.06 bits per heavy atom. The van der Waals surface area contributed by atoms with E-state index in [-0.39, 0.29) is 5.56 Å². The van der Waals surface area contributed by atoms with Crippen LogP contribution in [0.25, 0.3) is 11.1 Å². The Hall–Kier alpha value is -1.49. The smallest absolute Gasteiger partial charge is 0.250 e. The van der Waals surface area contributed by atoms with Crippen LogP contribution in [0.3, 0.4) is 0 Å². The Kier molecular flexibility index (Phi) is 3.11. The summed E-state index contributed by atoms with van der Waals surface area (Å²) in [5, 5.41) is 0. The van der Waals surface area contributed by atoms with Gasteiger partial charge in [0.1, 0.15) is 0 Å². The second kappa shape index (κ2) is 4.41. The molecule has 0 unspecified atom stereocenters. The summed E-state index contributed by atoms with van der Waals surface area (Å²) >= 11 is 4.02. The highest BCUT2D eigenvalue weighted by Gasteiger charge is 2.35. The molecular weight excluding hydrogens is 247 g/mol. The van der Waals surface area contributed by atoms with Crippen LogP contribution in [0.4, 0.5) is 13.2 Å². The summed E-state index contributed by atoms with van der Waals surface area (Å²) in [6, 6.07) is 9.70. The molecule has 0 spiro atoms. The van der Waals surface area contributed by atoms with Gasteiger partial charge in [-0.15, -0.1) is 12.6 Å². The number of aromatic nitrogens is 1. The zero-order valence-electron chi connectivity index (χ0n) is 8.57. The van der Waals surface area contributed by atoms with E-state index in [2.05, 4.69) is 17.6 Å². The van der Waals surface area contributed by atoms with Crippen LogP contribution in [0.15, 0.2) is 47.5 Å². The van der Waals surface area contributed by atoms with Gasteiger partial charge in [-0.25, -0.2) is 4.98 Å². The lowest BCUT2D eigenvalue weighted by Crippen LogP contribution is -2.10. The van der Waals surface area contributed by atoms with Crippen molar-refractivity contribution >= 4 is 12.6 Å². The lowest BCUT2D eigenvalue weighted by molar-refractivity contribution is -0.140. The van der Waals surface area contributed by atoms with Crippen molar-refractivity contribution in [2.75, 3.05) is 0 Å². The molecule has 5 heteroatoms. The average Bonchev–Trinajstić information content (AvgIpc) is 2.28. The van der Waals surface area contributed by atoms with Gasteiger partial charge in [0, 0.05) is 16.7 Å². The largest absolute Gasteiger partial charge is 0.433 e. The fraction of sp³-hybridized carbons (Fsp3) is 0.0833. The van der Waals surface area contributed by atoms with Crippen molar-refractivity contribution in [2.24, 2.45) is 0 Å². The minimum Gasteiger partial charge on any atom is -0.250 e. The fourth-order valence-corrected chi connectivity index (χ4v) is 1.70. The fourth-order valence-electron chi connectivity index (χ4n) is 1.52. The van der Waals surface area contributed by atoms with Gasteiger partial charge in [-0.3, -0.25) is 0 Å². The summed E-state index contributed by atoms with van der Waals surface area (Å²) in [7, 11) is 0. The third-order valence-corrected chi connectivity index (χ3v) is 2.47. The summed E-state index contributed by atoms with van der Waals surface area (Å²) in [6.45, 7) is 0. The van der Waals surface area contributed by atoms with E-state index in [1.165, 1.54) is 6.07 Å². The van der Waals surface area contributed by atoms with Gasteiger partial charge in [0.05, 0.1) is 0 Å². The van der Waals surface area contributed by atoms with Crippen LogP contribution in [0, 0.1) is 0 Å². The number of rotatable bonds is 1. The van der Waals surface area contributed by atoms with Crippen LogP contribution in [0.2, 0.25) is 0 Å². The van der Waals surface area contributed by atoms with Gasteiger partial charge in [-0.2, -0.15) is 13.2 Å². The molecule has 1 heterocycles. The van der Waals surface area contributed by atoms with E-state index in [0.717, 1.165) is 6.20 Å². The Bertz CT molecular complexity index is 523. The van der Waals surface area contributed by atoms with Crippen LogP contribution in [0.1, 0.15) is 5.69 Å². The second-order valence-corrected chi connectivity index (χ2v) is 3.97. The third kappa shape index (κ3) is 2.61. The summed E-state index contributed by atoms with van der Waals surface area (Å²) < 4.78 is 38.3. The minimum atomic E-state index is -4.47.